The van der Waals surface area contributed by atoms with E-state index in [1.54, 1.807) is 19.2 Å². The van der Waals surface area contributed by atoms with Gasteiger partial charge in [0.25, 0.3) is 0 Å². The van der Waals surface area contributed by atoms with Gasteiger partial charge in [0.1, 0.15) is 5.82 Å². The highest BCUT2D eigenvalue weighted by atomic mass is 19.1. The zero-order valence-corrected chi connectivity index (χ0v) is 17.0. The molecule has 1 aliphatic heterocycles. The number of methoxy groups -OCH3 is 1. The molecule has 0 aliphatic carbocycles. The van der Waals surface area contributed by atoms with Crippen LogP contribution in [0.3, 0.4) is 0 Å². The van der Waals surface area contributed by atoms with Crippen molar-refractivity contribution >= 4 is 5.78 Å². The van der Waals surface area contributed by atoms with Gasteiger partial charge in [-0.25, -0.2) is 4.39 Å². The molecule has 150 valence electrons. The maximum atomic E-state index is 13.1. The van der Waals surface area contributed by atoms with E-state index in [2.05, 4.69) is 43.0 Å². The van der Waals surface area contributed by atoms with Crippen LogP contribution in [0.2, 0.25) is 0 Å². The Morgan fingerprint density at radius 3 is 2.14 bits per heavy atom. The summed E-state index contributed by atoms with van der Waals surface area (Å²) < 4.78 is 18.8. The Morgan fingerprint density at radius 2 is 1.61 bits per heavy atom. The molecule has 3 nitrogen and oxygen atoms in total. The second kappa shape index (κ2) is 9.44. The number of rotatable bonds is 7. The van der Waals surface area contributed by atoms with E-state index in [0.29, 0.717) is 11.5 Å². The Kier molecular flexibility index (Phi) is 6.97. The van der Waals surface area contributed by atoms with Crippen LogP contribution in [0.15, 0.2) is 48.5 Å². The van der Waals surface area contributed by atoms with Crippen LogP contribution in [0.4, 0.5) is 4.39 Å². The van der Waals surface area contributed by atoms with E-state index in [9.17, 15) is 9.18 Å². The molecule has 1 fully saturated rings. The molecule has 0 saturated carbocycles. The molecular formula is C24H30FNO2. The lowest BCUT2D eigenvalue weighted by molar-refractivity contribution is 0.0485. The second-order valence-corrected chi connectivity index (χ2v) is 7.99. The van der Waals surface area contributed by atoms with Gasteiger partial charge in [-0.2, -0.15) is 0 Å². The number of piperidine rings is 1. The molecule has 4 heteroatoms. The van der Waals surface area contributed by atoms with Gasteiger partial charge in [0, 0.05) is 25.1 Å². The number of hydrogen-bond acceptors (Lipinski definition) is 3. The Balaban J connectivity index is 1.55. The first kappa shape index (κ1) is 20.7. The summed E-state index contributed by atoms with van der Waals surface area (Å²) in [4.78, 5) is 15.0. The first-order valence-electron chi connectivity index (χ1n) is 10.1. The van der Waals surface area contributed by atoms with Gasteiger partial charge in [-0.1, -0.05) is 38.1 Å². The number of halogens is 1. The van der Waals surface area contributed by atoms with Crippen molar-refractivity contribution in [3.05, 3.63) is 71.0 Å². The van der Waals surface area contributed by atoms with E-state index >= 15 is 0 Å². The fraction of sp³-hybridized carbons (Fsp3) is 0.458. The van der Waals surface area contributed by atoms with Crippen LogP contribution < -0.4 is 0 Å². The zero-order chi connectivity index (χ0) is 20.1. The SMILES string of the molecule is COC(CN1CCC(C(=O)c2ccc(F)cc2)CC1)c1ccc(C(C)C)cc1. The highest BCUT2D eigenvalue weighted by Crippen LogP contribution is 2.26. The van der Waals surface area contributed by atoms with Gasteiger partial charge in [-0.05, 0) is 67.2 Å². The monoisotopic (exact) mass is 383 g/mol. The number of hydrogen-bond donors (Lipinski definition) is 0. The van der Waals surface area contributed by atoms with Crippen LogP contribution >= 0.6 is 0 Å². The summed E-state index contributed by atoms with van der Waals surface area (Å²) in [5, 5.41) is 0. The van der Waals surface area contributed by atoms with Crippen molar-refractivity contribution in [2.45, 2.75) is 38.7 Å². The van der Waals surface area contributed by atoms with Crippen LogP contribution in [-0.4, -0.2) is 37.4 Å². The molecule has 0 spiro atoms. The summed E-state index contributed by atoms with van der Waals surface area (Å²) in [6, 6.07) is 14.6. The molecule has 1 unspecified atom stereocenters. The van der Waals surface area contributed by atoms with Gasteiger partial charge in [-0.3, -0.25) is 4.79 Å². The van der Waals surface area contributed by atoms with E-state index in [1.165, 1.54) is 23.3 Å². The zero-order valence-electron chi connectivity index (χ0n) is 17.0. The lowest BCUT2D eigenvalue weighted by Crippen LogP contribution is -2.39. The molecule has 0 N–H and O–H groups in total. The van der Waals surface area contributed by atoms with Gasteiger partial charge in [0.15, 0.2) is 5.78 Å². The van der Waals surface area contributed by atoms with Gasteiger partial charge >= 0.3 is 0 Å². The standard InChI is InChI=1S/C24H30FNO2/c1-17(2)18-4-6-19(7-5-18)23(28-3)16-26-14-12-21(13-15-26)24(27)20-8-10-22(25)11-9-20/h4-11,17,21,23H,12-16H2,1-3H3. The molecule has 1 heterocycles. The van der Waals surface area contributed by atoms with Crippen LogP contribution in [0, 0.1) is 11.7 Å². The normalized spacial score (nSPS) is 17.0. The Morgan fingerprint density at radius 1 is 1.04 bits per heavy atom. The van der Waals surface area contributed by atoms with Crippen LogP contribution in [-0.2, 0) is 4.74 Å². The number of ketones is 1. The van der Waals surface area contributed by atoms with Crippen molar-refractivity contribution in [1.29, 1.82) is 0 Å². The third kappa shape index (κ3) is 5.06. The van der Waals surface area contributed by atoms with E-state index in [-0.39, 0.29) is 23.6 Å². The second-order valence-electron chi connectivity index (χ2n) is 7.99. The highest BCUT2D eigenvalue weighted by Gasteiger charge is 2.27. The van der Waals surface area contributed by atoms with Crippen molar-refractivity contribution < 1.29 is 13.9 Å². The van der Waals surface area contributed by atoms with E-state index in [4.69, 9.17) is 4.74 Å². The highest BCUT2D eigenvalue weighted by molar-refractivity contribution is 5.97. The van der Waals surface area contributed by atoms with E-state index in [0.717, 1.165) is 32.5 Å². The van der Waals surface area contributed by atoms with Crippen LogP contribution in [0.1, 0.15) is 60.2 Å². The molecule has 2 aromatic carbocycles. The molecule has 0 aromatic heterocycles. The third-order valence-electron chi connectivity index (χ3n) is 5.77. The summed E-state index contributed by atoms with van der Waals surface area (Å²) in [5.41, 5.74) is 3.13. The molecule has 2 aromatic rings. The average molecular weight is 384 g/mol. The maximum Gasteiger partial charge on any atom is 0.166 e. The Labute approximate surface area is 167 Å². The minimum Gasteiger partial charge on any atom is -0.375 e. The minimum absolute atomic E-state index is 0.0213. The first-order valence-corrected chi connectivity index (χ1v) is 10.1. The minimum atomic E-state index is -0.307. The van der Waals surface area contributed by atoms with Crippen molar-refractivity contribution in [2.24, 2.45) is 5.92 Å². The molecule has 1 atom stereocenters. The van der Waals surface area contributed by atoms with E-state index < -0.39 is 0 Å². The number of carbonyl (C=O) groups is 1. The summed E-state index contributed by atoms with van der Waals surface area (Å²) >= 11 is 0. The van der Waals surface area contributed by atoms with Gasteiger partial charge in [0.05, 0.1) is 6.10 Å². The Hall–Kier alpha value is -2.04. The number of ether oxygens (including phenoxy) is 1. The predicted octanol–water partition coefficient (Wildman–Crippen LogP) is 5.23. The fourth-order valence-corrected chi connectivity index (χ4v) is 3.87. The van der Waals surface area contributed by atoms with Crippen molar-refractivity contribution in [3.63, 3.8) is 0 Å². The van der Waals surface area contributed by atoms with Crippen molar-refractivity contribution in [2.75, 3.05) is 26.7 Å². The maximum absolute atomic E-state index is 13.1. The number of carbonyl (C=O) groups excluding carboxylic acids is 1. The molecule has 1 aliphatic rings. The topological polar surface area (TPSA) is 29.5 Å². The smallest absolute Gasteiger partial charge is 0.166 e. The van der Waals surface area contributed by atoms with Gasteiger partial charge < -0.3 is 9.64 Å². The number of Topliss-reactive ketones (excluding diaryl/α,β-unsaturated/α-hetero) is 1. The molecule has 1 saturated heterocycles. The summed E-state index contributed by atoms with van der Waals surface area (Å²) in [5.74, 6) is 0.367. The number of nitrogens with zero attached hydrogens (tertiary/aromatic N) is 1. The lowest BCUT2D eigenvalue weighted by Gasteiger charge is -2.33. The van der Waals surface area contributed by atoms with Gasteiger partial charge in [-0.15, -0.1) is 0 Å². The van der Waals surface area contributed by atoms with E-state index in [1.807, 2.05) is 0 Å². The Bertz CT molecular complexity index is 762. The number of benzene rings is 2. The quantitative estimate of drug-likeness (QED) is 0.613. The lowest BCUT2D eigenvalue weighted by atomic mass is 9.88. The van der Waals surface area contributed by atoms with Crippen LogP contribution in [0.5, 0.6) is 0 Å². The molecule has 3 rings (SSSR count). The third-order valence-corrected chi connectivity index (χ3v) is 5.77. The van der Waals surface area contributed by atoms with Gasteiger partial charge in [0.2, 0.25) is 0 Å². The largest absolute Gasteiger partial charge is 0.375 e. The molecule has 28 heavy (non-hydrogen) atoms. The summed E-state index contributed by atoms with van der Waals surface area (Å²) in [6.45, 7) is 6.97. The summed E-state index contributed by atoms with van der Waals surface area (Å²) in [6.07, 6.45) is 1.70. The van der Waals surface area contributed by atoms with Crippen molar-refractivity contribution in [3.8, 4) is 0 Å². The molecular weight excluding hydrogens is 353 g/mol. The van der Waals surface area contributed by atoms with Crippen molar-refractivity contribution in [1.82, 2.24) is 4.90 Å². The fourth-order valence-electron chi connectivity index (χ4n) is 3.87. The molecule has 0 amide bonds. The average Bonchev–Trinajstić information content (AvgIpc) is 2.72. The molecule has 0 bridgehead atoms. The molecule has 0 radical (unpaired) electrons. The number of likely N-dealkylation sites (tertiary alicyclic amines) is 1. The predicted molar refractivity (Wildman–Crippen MR) is 110 cm³/mol. The summed E-state index contributed by atoms with van der Waals surface area (Å²) in [7, 11) is 1.76. The van der Waals surface area contributed by atoms with Crippen LogP contribution in [0.25, 0.3) is 0 Å². The first-order chi connectivity index (χ1) is 13.5.